The highest BCUT2D eigenvalue weighted by Gasteiger charge is 2.41. The number of unbranched alkanes of at least 4 members (excludes halogenated alkanes) is 3. The first kappa shape index (κ1) is 48.6. The zero-order valence-corrected chi connectivity index (χ0v) is 37.1. The summed E-state index contributed by atoms with van der Waals surface area (Å²) in [5, 5.41) is 23.4. The molecular weight excluding hydrogens is 802 g/mol. The Labute approximate surface area is 359 Å². The average molecular weight is 862 g/mol. The van der Waals surface area contributed by atoms with Crippen molar-refractivity contribution in [2.75, 3.05) is 52.4 Å². The topological polar surface area (TPSA) is 205 Å². The monoisotopic (exact) mass is 861 g/mol. The van der Waals surface area contributed by atoms with E-state index in [1.807, 2.05) is 71.0 Å². The molecule has 1 aliphatic rings. The number of nitrogens with one attached hydrogen (secondary N) is 3. The number of methoxy groups -OCH3 is 1. The quantitative estimate of drug-likeness (QED) is 0.0373. The largest absolute Gasteiger partial charge is 0.382 e. The van der Waals surface area contributed by atoms with Crippen molar-refractivity contribution >= 4 is 43.5 Å². The molecule has 61 heavy (non-hydrogen) atoms. The van der Waals surface area contributed by atoms with Gasteiger partial charge in [0.25, 0.3) is 20.0 Å². The number of benzene rings is 2. The highest BCUT2D eigenvalue weighted by Crippen LogP contribution is 2.50. The molecule has 0 bridgehead atoms. The van der Waals surface area contributed by atoms with Gasteiger partial charge in [0.2, 0.25) is 5.91 Å². The van der Waals surface area contributed by atoms with E-state index < -0.39 is 38.2 Å². The molecule has 1 aliphatic heterocycles. The highest BCUT2D eigenvalue weighted by atomic mass is 31.2. The highest BCUT2D eigenvalue weighted by molar-refractivity contribution is 7.44. The van der Waals surface area contributed by atoms with Crippen LogP contribution in [0.4, 0.5) is 17.1 Å². The number of rotatable bonds is 24. The second-order valence-electron chi connectivity index (χ2n) is 15.2. The number of carbonyl (C=O) groups is 2. The van der Waals surface area contributed by atoms with Gasteiger partial charge in [-0.2, -0.15) is 15.5 Å². The Bertz CT molecular complexity index is 2060. The fourth-order valence-electron chi connectivity index (χ4n) is 6.50. The molecule has 1 saturated heterocycles. The van der Waals surface area contributed by atoms with Crippen LogP contribution in [0.5, 0.6) is 0 Å². The van der Waals surface area contributed by atoms with Crippen LogP contribution < -0.4 is 26.8 Å². The summed E-state index contributed by atoms with van der Waals surface area (Å²) in [4.78, 5) is 55.3. The Kier molecular flexibility index (Phi) is 19.9. The van der Waals surface area contributed by atoms with E-state index in [9.17, 15) is 19.2 Å². The third-order valence-corrected chi connectivity index (χ3v) is 11.7. The smallest absolute Gasteiger partial charge is 0.330 e. The van der Waals surface area contributed by atoms with Gasteiger partial charge in [0.1, 0.15) is 12.3 Å². The Morgan fingerprint density at radius 3 is 2.20 bits per heavy atom. The molecule has 0 saturated carbocycles. The van der Waals surface area contributed by atoms with Crippen LogP contribution in [0.1, 0.15) is 88.4 Å². The van der Waals surface area contributed by atoms with E-state index in [2.05, 4.69) is 36.6 Å². The number of hydrogen-bond donors (Lipinski definition) is 3. The van der Waals surface area contributed by atoms with Gasteiger partial charge in [-0.15, -0.1) is 0 Å². The van der Waals surface area contributed by atoms with Gasteiger partial charge in [0.15, 0.2) is 0 Å². The molecule has 3 N–H and O–H groups in total. The van der Waals surface area contributed by atoms with Crippen LogP contribution in [0.3, 0.4) is 0 Å². The number of azo groups is 1. The van der Waals surface area contributed by atoms with Crippen LogP contribution in [0.25, 0.3) is 6.08 Å². The van der Waals surface area contributed by atoms with E-state index in [1.165, 1.54) is 22.9 Å². The molecule has 0 aliphatic carbocycles. The number of nitriles is 1. The molecular formula is C43H60N9O8P. The molecule has 17 nitrogen and oxygen atoms in total. The van der Waals surface area contributed by atoms with Crippen molar-refractivity contribution in [1.82, 2.24) is 24.9 Å². The summed E-state index contributed by atoms with van der Waals surface area (Å²) in [7, 11) is 3.91. The standard InChI is InChI=1S/C43H60N9O8P/c1-30(2)52(31(3)4)61(58-26-12-23-44)60-37-27-40(59-38(37)29-57-7)51-28-33(42(55)47-43(51)56)15-22-39(53)45-24-10-8-9-11-25-46-41(54)32-13-16-34(17-14-32)48-49-35-18-20-36(21-19-35)50(5)6/h13-22,28,30-31,37-38,40H,8-12,24-27,29H2,1-7H3,(H,45,53)(H,46,54)(H,47,55,56)/b22-15+,49-48?/t37?,38-,40-,61?/m1/s1. The van der Waals surface area contributed by atoms with E-state index in [-0.39, 0.29) is 55.5 Å². The van der Waals surface area contributed by atoms with E-state index in [0.29, 0.717) is 24.3 Å². The Hall–Kier alpha value is -5.08. The van der Waals surface area contributed by atoms with Crippen molar-refractivity contribution in [1.29, 1.82) is 5.26 Å². The molecule has 2 aromatic carbocycles. The molecule has 4 atom stereocenters. The average Bonchev–Trinajstić information content (AvgIpc) is 3.62. The second-order valence-corrected chi connectivity index (χ2v) is 16.6. The first-order valence-corrected chi connectivity index (χ1v) is 21.7. The minimum absolute atomic E-state index is 0.0894. The predicted molar refractivity (Wildman–Crippen MR) is 236 cm³/mol. The van der Waals surface area contributed by atoms with Crippen LogP contribution >= 0.6 is 8.53 Å². The lowest BCUT2D eigenvalue weighted by Gasteiger charge is -2.37. The van der Waals surface area contributed by atoms with Crippen molar-refractivity contribution in [2.24, 2.45) is 10.2 Å². The lowest BCUT2D eigenvalue weighted by atomic mass is 10.1. The zero-order chi connectivity index (χ0) is 44.3. The van der Waals surface area contributed by atoms with Crippen molar-refractivity contribution in [3.8, 4) is 6.07 Å². The summed E-state index contributed by atoms with van der Waals surface area (Å²) in [6, 6.07) is 17.0. The molecule has 2 unspecified atom stereocenters. The Balaban J connectivity index is 1.20. The van der Waals surface area contributed by atoms with Crippen molar-refractivity contribution in [3.05, 3.63) is 92.8 Å². The number of amides is 2. The van der Waals surface area contributed by atoms with Crippen LogP contribution in [0.15, 0.2) is 80.6 Å². The van der Waals surface area contributed by atoms with Gasteiger partial charge in [-0.3, -0.25) is 23.9 Å². The molecule has 18 heteroatoms. The van der Waals surface area contributed by atoms with Gasteiger partial charge < -0.3 is 34.1 Å². The lowest BCUT2D eigenvalue weighted by Crippen LogP contribution is -2.36. The first-order chi connectivity index (χ1) is 29.3. The molecule has 0 radical (unpaired) electrons. The number of anilines is 1. The van der Waals surface area contributed by atoms with Crippen molar-refractivity contribution in [3.63, 3.8) is 0 Å². The third kappa shape index (κ3) is 15.4. The zero-order valence-electron chi connectivity index (χ0n) is 36.2. The van der Waals surface area contributed by atoms with Gasteiger partial charge in [-0.25, -0.2) is 9.46 Å². The third-order valence-electron chi connectivity index (χ3n) is 9.58. The Morgan fingerprint density at radius 1 is 0.984 bits per heavy atom. The second kappa shape index (κ2) is 25.0. The van der Waals surface area contributed by atoms with Gasteiger partial charge in [-0.1, -0.05) is 12.8 Å². The van der Waals surface area contributed by atoms with Gasteiger partial charge in [-0.05, 0) is 95.1 Å². The summed E-state index contributed by atoms with van der Waals surface area (Å²) >= 11 is 0. The number of aromatic nitrogens is 2. The molecule has 3 aromatic rings. The van der Waals surface area contributed by atoms with Crippen LogP contribution in [0, 0.1) is 11.3 Å². The van der Waals surface area contributed by atoms with Crippen molar-refractivity contribution < 1.29 is 28.1 Å². The molecule has 1 fully saturated rings. The predicted octanol–water partition coefficient (Wildman–Crippen LogP) is 6.73. The molecule has 2 heterocycles. The van der Waals surface area contributed by atoms with Gasteiger partial charge in [0.05, 0.1) is 48.7 Å². The van der Waals surface area contributed by atoms with E-state index >= 15 is 0 Å². The molecule has 4 rings (SSSR count). The number of hydrogen-bond acceptors (Lipinski definition) is 13. The first-order valence-electron chi connectivity index (χ1n) is 20.6. The number of aromatic amines is 1. The number of nitrogens with zero attached hydrogens (tertiary/aromatic N) is 6. The fourth-order valence-corrected chi connectivity index (χ4v) is 8.25. The fraction of sp³-hybridized carbons (Fsp3) is 0.512. The van der Waals surface area contributed by atoms with E-state index in [0.717, 1.165) is 37.1 Å². The van der Waals surface area contributed by atoms with Gasteiger partial charge >= 0.3 is 5.69 Å². The van der Waals surface area contributed by atoms with Crippen LogP contribution in [0.2, 0.25) is 0 Å². The molecule has 2 amide bonds. The normalized spacial score (nSPS) is 17.1. The summed E-state index contributed by atoms with van der Waals surface area (Å²) in [5.41, 5.74) is 1.79. The lowest BCUT2D eigenvalue weighted by molar-refractivity contribution is -0.116. The number of H-pyrrole nitrogens is 1. The van der Waals surface area contributed by atoms with E-state index in [1.54, 1.807) is 31.4 Å². The maximum absolute atomic E-state index is 13.0. The maximum atomic E-state index is 13.0. The summed E-state index contributed by atoms with van der Waals surface area (Å²) in [5.74, 6) is -0.546. The molecule has 330 valence electrons. The number of carbonyl (C=O) groups excluding carboxylic acids is 2. The molecule has 0 spiro atoms. The number of ether oxygens (including phenoxy) is 2. The van der Waals surface area contributed by atoms with Crippen LogP contribution in [-0.2, 0) is 23.3 Å². The summed E-state index contributed by atoms with van der Waals surface area (Å²) in [6.45, 7) is 9.51. The Morgan fingerprint density at radius 2 is 1.61 bits per heavy atom. The van der Waals surface area contributed by atoms with E-state index in [4.69, 9.17) is 23.8 Å². The maximum Gasteiger partial charge on any atom is 0.330 e. The minimum atomic E-state index is -1.59. The van der Waals surface area contributed by atoms with Crippen LogP contribution in [-0.4, -0.2) is 97.8 Å². The summed E-state index contributed by atoms with van der Waals surface area (Å²) < 4.78 is 27.7. The minimum Gasteiger partial charge on any atom is -0.382 e. The van der Waals surface area contributed by atoms with Gasteiger partial charge in [0, 0.05) is 76.3 Å². The van der Waals surface area contributed by atoms with Crippen molar-refractivity contribution in [2.45, 2.75) is 96.7 Å². The SMILES string of the molecule is COC[C@H]1O[C@@H](n2cc(/C=C/C(=O)NCCCCCCNC(=O)c3ccc(N=Nc4ccc(N(C)C)cc4)cc3)c(=O)[nH]c2=O)CC1OP(OCCC#N)N(C(C)C)C(C)C. The summed E-state index contributed by atoms with van der Waals surface area (Å²) in [6.07, 6.45) is 5.82. The molecule has 1 aromatic heterocycles.